The van der Waals surface area contributed by atoms with E-state index in [1.807, 2.05) is 25.1 Å². The molecule has 1 saturated heterocycles. The van der Waals surface area contributed by atoms with Crippen LogP contribution in [0.1, 0.15) is 45.8 Å². The van der Waals surface area contributed by atoms with Crippen LogP contribution in [0.5, 0.6) is 0 Å². The largest absolute Gasteiger partial charge is 0.478 e. The summed E-state index contributed by atoms with van der Waals surface area (Å²) >= 11 is 0. The Bertz CT molecular complexity index is 1120. The van der Waals surface area contributed by atoms with Crippen LogP contribution in [0.25, 0.3) is 0 Å². The van der Waals surface area contributed by atoms with Crippen molar-refractivity contribution in [1.29, 1.82) is 0 Å². The Morgan fingerprint density at radius 2 is 1.50 bits per heavy atom. The van der Waals surface area contributed by atoms with Gasteiger partial charge in [-0.1, -0.05) is 67.6 Å². The lowest BCUT2D eigenvalue weighted by atomic mass is 9.81. The van der Waals surface area contributed by atoms with Crippen LogP contribution in [0.3, 0.4) is 0 Å². The average molecular weight is 458 g/mol. The van der Waals surface area contributed by atoms with Crippen molar-refractivity contribution in [3.05, 3.63) is 101 Å². The van der Waals surface area contributed by atoms with Gasteiger partial charge in [-0.3, -0.25) is 9.69 Å². The van der Waals surface area contributed by atoms with Crippen molar-refractivity contribution in [1.82, 2.24) is 4.90 Å². The molecule has 3 aromatic rings. The van der Waals surface area contributed by atoms with Gasteiger partial charge < -0.3 is 15.7 Å². The number of hydrogen-bond acceptors (Lipinski definition) is 4. The summed E-state index contributed by atoms with van der Waals surface area (Å²) in [5, 5.41) is 9.19. The molecule has 34 heavy (non-hydrogen) atoms. The third-order valence-corrected chi connectivity index (χ3v) is 6.71. The topological polar surface area (TPSA) is 86.9 Å². The van der Waals surface area contributed by atoms with E-state index >= 15 is 0 Å². The summed E-state index contributed by atoms with van der Waals surface area (Å²) < 4.78 is 0. The van der Waals surface area contributed by atoms with E-state index in [0.29, 0.717) is 0 Å². The molecule has 3 N–H and O–H groups in total. The van der Waals surface area contributed by atoms with E-state index < -0.39 is 17.8 Å². The van der Waals surface area contributed by atoms with Crippen molar-refractivity contribution >= 4 is 17.6 Å². The molecule has 2 unspecified atom stereocenters. The van der Waals surface area contributed by atoms with Crippen molar-refractivity contribution in [2.75, 3.05) is 31.1 Å². The van der Waals surface area contributed by atoms with Gasteiger partial charge in [-0.2, -0.15) is 0 Å². The molecule has 1 aliphatic rings. The second-order valence-electron chi connectivity index (χ2n) is 8.90. The minimum atomic E-state index is -0.994. The second kappa shape index (κ2) is 10.5. The maximum Gasteiger partial charge on any atom is 0.335 e. The van der Waals surface area contributed by atoms with Crippen LogP contribution in [0.4, 0.5) is 5.69 Å². The number of carbonyl (C=O) groups is 2. The van der Waals surface area contributed by atoms with Gasteiger partial charge in [0.05, 0.1) is 11.5 Å². The number of rotatable bonds is 8. The van der Waals surface area contributed by atoms with Crippen LogP contribution in [0.15, 0.2) is 78.9 Å². The Balaban J connectivity index is 1.51. The zero-order valence-electron chi connectivity index (χ0n) is 19.4. The Labute approximate surface area is 200 Å². The van der Waals surface area contributed by atoms with Gasteiger partial charge in [-0.05, 0) is 40.8 Å². The van der Waals surface area contributed by atoms with Gasteiger partial charge in [0.25, 0.3) is 0 Å². The zero-order chi connectivity index (χ0) is 24.1. The number of aromatic carboxylic acids is 1. The molecule has 0 radical (unpaired) electrons. The molecule has 0 aliphatic carbocycles. The maximum absolute atomic E-state index is 12.5. The molecule has 2 atom stereocenters. The number of para-hydroxylation sites is 1. The van der Waals surface area contributed by atoms with E-state index in [0.717, 1.165) is 49.5 Å². The molecule has 176 valence electrons. The highest BCUT2D eigenvalue weighted by molar-refractivity contribution is 5.88. The molecule has 0 saturated carbocycles. The van der Waals surface area contributed by atoms with Crippen molar-refractivity contribution in [2.24, 2.45) is 5.73 Å². The van der Waals surface area contributed by atoms with E-state index in [4.69, 9.17) is 5.73 Å². The van der Waals surface area contributed by atoms with E-state index in [1.54, 1.807) is 12.1 Å². The lowest BCUT2D eigenvalue weighted by Gasteiger charge is -2.38. The molecular formula is C28H31N3O3. The number of benzene rings is 3. The van der Waals surface area contributed by atoms with Crippen molar-refractivity contribution in [3.63, 3.8) is 0 Å². The van der Waals surface area contributed by atoms with Crippen LogP contribution < -0.4 is 10.6 Å². The number of hydrogen-bond donors (Lipinski definition) is 2. The first-order valence-corrected chi connectivity index (χ1v) is 11.7. The zero-order valence-corrected chi connectivity index (χ0v) is 19.4. The molecule has 6 heteroatoms. The van der Waals surface area contributed by atoms with Crippen LogP contribution >= 0.6 is 0 Å². The van der Waals surface area contributed by atoms with Crippen molar-refractivity contribution < 1.29 is 14.7 Å². The molecule has 0 bridgehead atoms. The van der Waals surface area contributed by atoms with Gasteiger partial charge in [0.1, 0.15) is 0 Å². The first-order valence-electron chi connectivity index (χ1n) is 11.7. The quantitative estimate of drug-likeness (QED) is 0.532. The van der Waals surface area contributed by atoms with Crippen LogP contribution in [0, 0.1) is 0 Å². The summed E-state index contributed by atoms with van der Waals surface area (Å²) in [7, 11) is 0. The predicted octanol–water partition coefficient (Wildman–Crippen LogP) is 4.08. The fourth-order valence-corrected chi connectivity index (χ4v) is 4.86. The highest BCUT2D eigenvalue weighted by Crippen LogP contribution is 2.38. The monoisotopic (exact) mass is 457 g/mol. The van der Waals surface area contributed by atoms with Gasteiger partial charge in [-0.15, -0.1) is 0 Å². The number of amides is 1. The van der Waals surface area contributed by atoms with Gasteiger partial charge in [0.15, 0.2) is 0 Å². The Hall–Kier alpha value is -3.64. The molecule has 0 aromatic heterocycles. The Morgan fingerprint density at radius 3 is 2.12 bits per heavy atom. The number of piperazine rings is 1. The second-order valence-corrected chi connectivity index (χ2v) is 8.90. The standard InChI is InChI=1S/C28H31N3O3/c1-20(26(27(29)32)22-11-13-23(14-12-22)28(33)34)24-9-5-6-10-25(24)31-17-15-30(16-18-31)19-21-7-3-2-4-8-21/h2-14,20,26H,15-19H2,1H3,(H2,29,32)(H,33,34). The highest BCUT2D eigenvalue weighted by atomic mass is 16.4. The number of anilines is 1. The van der Waals surface area contributed by atoms with E-state index in [-0.39, 0.29) is 11.5 Å². The number of carbonyl (C=O) groups excluding carboxylic acids is 1. The van der Waals surface area contributed by atoms with Crippen molar-refractivity contribution in [3.8, 4) is 0 Å². The minimum absolute atomic E-state index is 0.160. The Morgan fingerprint density at radius 1 is 0.882 bits per heavy atom. The first kappa shape index (κ1) is 23.5. The summed E-state index contributed by atoms with van der Waals surface area (Å²) in [6.07, 6.45) is 0. The third kappa shape index (κ3) is 5.29. The minimum Gasteiger partial charge on any atom is -0.478 e. The molecule has 4 rings (SSSR count). The van der Waals surface area contributed by atoms with Gasteiger partial charge >= 0.3 is 5.97 Å². The summed E-state index contributed by atoms with van der Waals surface area (Å²) in [4.78, 5) is 28.6. The molecule has 0 spiro atoms. The van der Waals surface area contributed by atoms with E-state index in [9.17, 15) is 14.7 Å². The lowest BCUT2D eigenvalue weighted by molar-refractivity contribution is -0.119. The fraction of sp³-hybridized carbons (Fsp3) is 0.286. The summed E-state index contributed by atoms with van der Waals surface area (Å²) in [5.74, 6) is -2.12. The highest BCUT2D eigenvalue weighted by Gasteiger charge is 2.29. The summed E-state index contributed by atoms with van der Waals surface area (Å²) in [6, 6.07) is 25.2. The van der Waals surface area contributed by atoms with Gasteiger partial charge in [0.2, 0.25) is 5.91 Å². The number of nitrogens with two attached hydrogens (primary N) is 1. The van der Waals surface area contributed by atoms with Crippen molar-refractivity contribution in [2.45, 2.75) is 25.3 Å². The maximum atomic E-state index is 12.5. The van der Waals surface area contributed by atoms with E-state index in [2.05, 4.69) is 46.2 Å². The fourth-order valence-electron chi connectivity index (χ4n) is 4.86. The molecule has 1 fully saturated rings. The molecular weight excluding hydrogens is 426 g/mol. The summed E-state index contributed by atoms with van der Waals surface area (Å²) in [5.41, 5.74) is 10.3. The summed E-state index contributed by atoms with van der Waals surface area (Å²) in [6.45, 7) is 6.71. The average Bonchev–Trinajstić information content (AvgIpc) is 2.85. The SMILES string of the molecule is CC(c1ccccc1N1CCN(Cc2ccccc2)CC1)C(C(N)=O)c1ccc(C(=O)O)cc1. The first-order chi connectivity index (χ1) is 16.4. The third-order valence-electron chi connectivity index (χ3n) is 6.71. The molecule has 6 nitrogen and oxygen atoms in total. The smallest absolute Gasteiger partial charge is 0.335 e. The predicted molar refractivity (Wildman–Crippen MR) is 134 cm³/mol. The van der Waals surface area contributed by atoms with Gasteiger partial charge in [0, 0.05) is 38.4 Å². The normalized spacial score (nSPS) is 16.1. The number of carboxylic acids is 1. The Kier molecular flexibility index (Phi) is 7.28. The molecule has 1 heterocycles. The van der Waals surface area contributed by atoms with Crippen LogP contribution in [-0.2, 0) is 11.3 Å². The number of carboxylic acid groups (broad SMARTS) is 1. The number of primary amides is 1. The van der Waals surface area contributed by atoms with Gasteiger partial charge in [-0.25, -0.2) is 4.79 Å². The molecule has 3 aromatic carbocycles. The van der Waals surface area contributed by atoms with Crippen LogP contribution in [-0.4, -0.2) is 48.1 Å². The van der Waals surface area contributed by atoms with E-state index in [1.165, 1.54) is 17.7 Å². The lowest BCUT2D eigenvalue weighted by Crippen LogP contribution is -2.46. The number of nitrogens with zero attached hydrogens (tertiary/aromatic N) is 2. The van der Waals surface area contributed by atoms with Crippen LogP contribution in [0.2, 0.25) is 0 Å². The molecule has 1 aliphatic heterocycles. The molecule has 1 amide bonds.